The summed E-state index contributed by atoms with van der Waals surface area (Å²) >= 11 is 7.40. The van der Waals surface area contributed by atoms with Crippen molar-refractivity contribution in [3.05, 3.63) is 93.1 Å². The summed E-state index contributed by atoms with van der Waals surface area (Å²) in [6.07, 6.45) is 0. The predicted octanol–water partition coefficient (Wildman–Crippen LogP) is 4.04. The molecular weight excluding hydrogens is 368 g/mol. The lowest BCUT2D eigenvalue weighted by Crippen LogP contribution is -2.38. The van der Waals surface area contributed by atoms with Crippen LogP contribution in [0.15, 0.2) is 71.4 Å². The molecule has 2 amide bonds. The molecule has 0 spiro atoms. The Labute approximate surface area is 160 Å². The lowest BCUT2D eigenvalue weighted by Gasteiger charge is -2.20. The Morgan fingerprint density at radius 1 is 0.962 bits per heavy atom. The van der Waals surface area contributed by atoms with Gasteiger partial charge in [-0.1, -0.05) is 54.1 Å². The fraction of sp³-hybridized carbons (Fsp3) is 0.100. The highest BCUT2D eigenvalue weighted by molar-refractivity contribution is 7.08. The number of carbonyl (C=O) groups excluding carboxylic acids is 2. The van der Waals surface area contributed by atoms with Gasteiger partial charge in [-0.3, -0.25) is 9.59 Å². The first kappa shape index (κ1) is 18.2. The van der Waals surface area contributed by atoms with Crippen LogP contribution < -0.4 is 10.6 Å². The smallest absolute Gasteiger partial charge is 0.252 e. The number of nitrogens with one attached hydrogen (secondary N) is 2. The molecule has 6 heteroatoms. The third-order valence-corrected chi connectivity index (χ3v) is 4.77. The lowest BCUT2D eigenvalue weighted by atomic mass is 9.98. The molecule has 3 aromatic rings. The Bertz CT molecular complexity index is 865. The predicted molar refractivity (Wildman–Crippen MR) is 105 cm³/mol. The third-order valence-electron chi connectivity index (χ3n) is 3.83. The molecule has 1 unspecified atom stereocenters. The quantitative estimate of drug-likeness (QED) is 0.674. The first-order valence-electron chi connectivity index (χ1n) is 8.03. The SMILES string of the molecule is O=C(CNC(=O)c1ccsc1)NC(c1ccccc1)c1ccc(Cl)cc1. The van der Waals surface area contributed by atoms with Crippen molar-refractivity contribution in [1.82, 2.24) is 10.6 Å². The van der Waals surface area contributed by atoms with Gasteiger partial charge in [-0.2, -0.15) is 11.3 Å². The Morgan fingerprint density at radius 3 is 2.31 bits per heavy atom. The molecule has 26 heavy (non-hydrogen) atoms. The summed E-state index contributed by atoms with van der Waals surface area (Å²) < 4.78 is 0. The van der Waals surface area contributed by atoms with E-state index < -0.39 is 0 Å². The Hall–Kier alpha value is -2.63. The Morgan fingerprint density at radius 2 is 1.65 bits per heavy atom. The molecule has 0 fully saturated rings. The third kappa shape index (κ3) is 4.71. The van der Waals surface area contributed by atoms with Gasteiger partial charge in [0.2, 0.25) is 5.91 Å². The van der Waals surface area contributed by atoms with Gasteiger partial charge in [-0.05, 0) is 34.7 Å². The van der Waals surface area contributed by atoms with Crippen molar-refractivity contribution in [2.24, 2.45) is 0 Å². The van der Waals surface area contributed by atoms with Crippen LogP contribution in [0.25, 0.3) is 0 Å². The first-order chi connectivity index (χ1) is 12.6. The largest absolute Gasteiger partial charge is 0.344 e. The van der Waals surface area contributed by atoms with Crippen LogP contribution in [0.2, 0.25) is 5.02 Å². The molecule has 0 saturated heterocycles. The van der Waals surface area contributed by atoms with Gasteiger partial charge in [0.05, 0.1) is 12.6 Å². The minimum absolute atomic E-state index is 0.0917. The van der Waals surface area contributed by atoms with Crippen LogP contribution in [-0.4, -0.2) is 18.4 Å². The van der Waals surface area contributed by atoms with E-state index in [9.17, 15) is 9.59 Å². The van der Waals surface area contributed by atoms with E-state index in [1.165, 1.54) is 11.3 Å². The van der Waals surface area contributed by atoms with Crippen molar-refractivity contribution in [3.63, 3.8) is 0 Å². The van der Waals surface area contributed by atoms with Crippen molar-refractivity contribution in [1.29, 1.82) is 0 Å². The summed E-state index contributed by atoms with van der Waals surface area (Å²) in [6, 6.07) is 18.4. The van der Waals surface area contributed by atoms with Gasteiger partial charge in [0.25, 0.3) is 5.91 Å². The molecule has 0 aliphatic rings. The normalized spacial score (nSPS) is 11.6. The molecule has 4 nitrogen and oxygen atoms in total. The van der Waals surface area contributed by atoms with E-state index in [0.29, 0.717) is 10.6 Å². The van der Waals surface area contributed by atoms with Crippen LogP contribution >= 0.6 is 22.9 Å². The van der Waals surface area contributed by atoms with Crippen LogP contribution in [0.3, 0.4) is 0 Å². The maximum absolute atomic E-state index is 12.4. The molecule has 0 radical (unpaired) electrons. The highest BCUT2D eigenvalue weighted by Crippen LogP contribution is 2.23. The van der Waals surface area contributed by atoms with Crippen LogP contribution in [0.4, 0.5) is 0 Å². The zero-order chi connectivity index (χ0) is 18.4. The summed E-state index contributed by atoms with van der Waals surface area (Å²) in [7, 11) is 0. The molecule has 0 aliphatic heterocycles. The summed E-state index contributed by atoms with van der Waals surface area (Å²) in [5.41, 5.74) is 2.42. The summed E-state index contributed by atoms with van der Waals surface area (Å²) in [5, 5.41) is 9.81. The van der Waals surface area contributed by atoms with Crippen LogP contribution in [0.1, 0.15) is 27.5 Å². The standard InChI is InChI=1S/C20H17ClN2O2S/c21-17-8-6-15(7-9-17)19(14-4-2-1-3-5-14)23-18(24)12-22-20(25)16-10-11-26-13-16/h1-11,13,19H,12H2,(H,22,25)(H,23,24). The molecule has 0 saturated carbocycles. The van der Waals surface area contributed by atoms with Crippen molar-refractivity contribution in [2.75, 3.05) is 6.54 Å². The zero-order valence-electron chi connectivity index (χ0n) is 13.8. The molecule has 1 atom stereocenters. The lowest BCUT2D eigenvalue weighted by molar-refractivity contribution is -0.120. The molecule has 2 N–H and O–H groups in total. The minimum atomic E-state index is -0.320. The molecular formula is C20H17ClN2O2S. The molecule has 1 aromatic heterocycles. The van der Waals surface area contributed by atoms with E-state index in [2.05, 4.69) is 10.6 Å². The van der Waals surface area contributed by atoms with Crippen LogP contribution in [-0.2, 0) is 4.79 Å². The van der Waals surface area contributed by atoms with Crippen LogP contribution in [0, 0.1) is 0 Å². The second kappa shape index (κ2) is 8.65. The molecule has 3 rings (SSSR count). The average Bonchev–Trinajstić information content (AvgIpc) is 3.21. The van der Waals surface area contributed by atoms with Crippen LogP contribution in [0.5, 0.6) is 0 Å². The number of carbonyl (C=O) groups is 2. The van der Waals surface area contributed by atoms with Crippen molar-refractivity contribution in [2.45, 2.75) is 6.04 Å². The van der Waals surface area contributed by atoms with Crippen molar-refractivity contribution < 1.29 is 9.59 Å². The molecule has 0 bridgehead atoms. The van der Waals surface area contributed by atoms with Gasteiger partial charge in [0.15, 0.2) is 0 Å². The number of hydrogen-bond donors (Lipinski definition) is 2. The van der Waals surface area contributed by atoms with E-state index in [0.717, 1.165) is 11.1 Å². The van der Waals surface area contributed by atoms with Crippen molar-refractivity contribution in [3.8, 4) is 0 Å². The number of hydrogen-bond acceptors (Lipinski definition) is 3. The van der Waals surface area contributed by atoms with E-state index in [1.54, 1.807) is 23.6 Å². The topological polar surface area (TPSA) is 58.2 Å². The minimum Gasteiger partial charge on any atom is -0.344 e. The Balaban J connectivity index is 1.70. The number of benzene rings is 2. The second-order valence-corrected chi connectivity index (χ2v) is 6.87. The number of halogens is 1. The summed E-state index contributed by atoms with van der Waals surface area (Å²) in [4.78, 5) is 24.4. The summed E-state index contributed by atoms with van der Waals surface area (Å²) in [5.74, 6) is -0.526. The van der Waals surface area contributed by atoms with Gasteiger partial charge in [-0.15, -0.1) is 0 Å². The monoisotopic (exact) mass is 384 g/mol. The van der Waals surface area contributed by atoms with E-state index >= 15 is 0 Å². The Kier molecular flexibility index (Phi) is 6.04. The number of rotatable bonds is 6. The van der Waals surface area contributed by atoms with E-state index in [1.807, 2.05) is 47.8 Å². The number of thiophene rings is 1. The van der Waals surface area contributed by atoms with Gasteiger partial charge in [-0.25, -0.2) is 0 Å². The van der Waals surface area contributed by atoms with E-state index in [-0.39, 0.29) is 24.4 Å². The molecule has 0 aliphatic carbocycles. The highest BCUT2D eigenvalue weighted by Gasteiger charge is 2.17. The van der Waals surface area contributed by atoms with E-state index in [4.69, 9.17) is 11.6 Å². The van der Waals surface area contributed by atoms with Gasteiger partial charge in [0.1, 0.15) is 0 Å². The molecule has 132 valence electrons. The maximum Gasteiger partial charge on any atom is 0.252 e. The van der Waals surface area contributed by atoms with Gasteiger partial charge < -0.3 is 10.6 Å². The summed E-state index contributed by atoms with van der Waals surface area (Å²) in [6.45, 7) is -0.0917. The number of amides is 2. The molecule has 2 aromatic carbocycles. The van der Waals surface area contributed by atoms with Crippen molar-refractivity contribution >= 4 is 34.8 Å². The highest BCUT2D eigenvalue weighted by atomic mass is 35.5. The first-order valence-corrected chi connectivity index (χ1v) is 9.36. The zero-order valence-corrected chi connectivity index (χ0v) is 15.4. The second-order valence-electron chi connectivity index (χ2n) is 5.66. The average molecular weight is 385 g/mol. The maximum atomic E-state index is 12.4. The molecule has 1 heterocycles. The van der Waals surface area contributed by atoms with Gasteiger partial charge in [0, 0.05) is 16.0 Å². The fourth-order valence-corrected chi connectivity index (χ4v) is 3.29. The van der Waals surface area contributed by atoms with Gasteiger partial charge >= 0.3 is 0 Å². The fourth-order valence-electron chi connectivity index (χ4n) is 2.53.